The number of rotatable bonds is 4. The van der Waals surface area contributed by atoms with E-state index in [2.05, 4.69) is 23.5 Å². The van der Waals surface area contributed by atoms with Crippen LogP contribution < -0.4 is 5.32 Å². The number of benzene rings is 1. The molecular weight excluding hydrogens is 244 g/mol. The highest BCUT2D eigenvalue weighted by molar-refractivity contribution is 7.18. The van der Waals surface area contributed by atoms with Gasteiger partial charge in [-0.2, -0.15) is 0 Å². The summed E-state index contributed by atoms with van der Waals surface area (Å²) in [6.45, 7) is 1.82. The molecule has 0 amide bonds. The molecule has 0 radical (unpaired) electrons. The summed E-state index contributed by atoms with van der Waals surface area (Å²) in [6.07, 6.45) is 2.30. The van der Waals surface area contributed by atoms with Gasteiger partial charge < -0.3 is 10.1 Å². The maximum Gasteiger partial charge on any atom is 0.111 e. The second kappa shape index (κ2) is 5.34. The highest BCUT2D eigenvalue weighted by atomic mass is 32.1. The van der Waals surface area contributed by atoms with Gasteiger partial charge in [0.25, 0.3) is 0 Å². The molecule has 18 heavy (non-hydrogen) atoms. The number of nitrogens with one attached hydrogen (secondary N) is 1. The SMILES string of the molecule is CNC(CC1CCOC1)c1nc2ccccc2s1. The number of hydrogen-bond donors (Lipinski definition) is 1. The molecule has 96 valence electrons. The largest absolute Gasteiger partial charge is 0.381 e. The van der Waals surface area contributed by atoms with Gasteiger partial charge in [0.15, 0.2) is 0 Å². The lowest BCUT2D eigenvalue weighted by molar-refractivity contribution is 0.181. The van der Waals surface area contributed by atoms with Crippen molar-refractivity contribution in [2.45, 2.75) is 18.9 Å². The average Bonchev–Trinajstić information content (AvgIpc) is 3.04. The van der Waals surface area contributed by atoms with Gasteiger partial charge in [0.1, 0.15) is 5.01 Å². The third-order valence-corrected chi connectivity index (χ3v) is 4.70. The summed E-state index contributed by atoms with van der Waals surface area (Å²) in [7, 11) is 2.02. The van der Waals surface area contributed by atoms with Gasteiger partial charge in [-0.3, -0.25) is 0 Å². The van der Waals surface area contributed by atoms with Crippen LogP contribution in [0.1, 0.15) is 23.9 Å². The molecule has 1 N–H and O–H groups in total. The highest BCUT2D eigenvalue weighted by Crippen LogP contribution is 2.31. The average molecular weight is 262 g/mol. The van der Waals surface area contributed by atoms with E-state index in [-0.39, 0.29) is 0 Å². The maximum absolute atomic E-state index is 5.45. The second-order valence-electron chi connectivity index (χ2n) is 4.83. The molecule has 0 spiro atoms. The first-order valence-corrected chi connectivity index (χ1v) is 7.29. The fourth-order valence-electron chi connectivity index (χ4n) is 2.48. The van der Waals surface area contributed by atoms with E-state index in [9.17, 15) is 0 Å². The second-order valence-corrected chi connectivity index (χ2v) is 5.89. The monoisotopic (exact) mass is 262 g/mol. The molecule has 1 fully saturated rings. The molecule has 1 aliphatic heterocycles. The Labute approximate surface area is 111 Å². The smallest absolute Gasteiger partial charge is 0.111 e. The number of ether oxygens (including phenoxy) is 1. The predicted molar refractivity (Wildman–Crippen MR) is 75.0 cm³/mol. The fourth-order valence-corrected chi connectivity index (χ4v) is 3.57. The first-order valence-electron chi connectivity index (χ1n) is 6.47. The summed E-state index contributed by atoms with van der Waals surface area (Å²) < 4.78 is 6.73. The lowest BCUT2D eigenvalue weighted by Crippen LogP contribution is -2.20. The van der Waals surface area contributed by atoms with Crippen LogP contribution in [0.5, 0.6) is 0 Å². The summed E-state index contributed by atoms with van der Waals surface area (Å²) in [6, 6.07) is 8.70. The van der Waals surface area contributed by atoms with E-state index in [1.165, 1.54) is 16.1 Å². The Balaban J connectivity index is 1.81. The minimum atomic E-state index is 0.356. The number of nitrogens with zero attached hydrogens (tertiary/aromatic N) is 1. The van der Waals surface area contributed by atoms with Gasteiger partial charge in [-0.15, -0.1) is 11.3 Å². The number of hydrogen-bond acceptors (Lipinski definition) is 4. The van der Waals surface area contributed by atoms with E-state index in [1.54, 1.807) is 11.3 Å². The lowest BCUT2D eigenvalue weighted by Gasteiger charge is -2.16. The molecule has 0 bridgehead atoms. The molecule has 1 aromatic heterocycles. The van der Waals surface area contributed by atoms with E-state index in [1.807, 2.05) is 13.1 Å². The first kappa shape index (κ1) is 12.1. The third kappa shape index (κ3) is 2.41. The summed E-state index contributed by atoms with van der Waals surface area (Å²) in [4.78, 5) is 4.74. The van der Waals surface area contributed by atoms with Crippen LogP contribution in [-0.4, -0.2) is 25.2 Å². The van der Waals surface area contributed by atoms with Crippen molar-refractivity contribution in [1.82, 2.24) is 10.3 Å². The normalized spacial score (nSPS) is 21.5. The van der Waals surface area contributed by atoms with Gasteiger partial charge >= 0.3 is 0 Å². The lowest BCUT2D eigenvalue weighted by atomic mass is 10.00. The van der Waals surface area contributed by atoms with Crippen LogP contribution in [0.25, 0.3) is 10.2 Å². The Kier molecular flexibility index (Phi) is 3.59. The van der Waals surface area contributed by atoms with Crippen LogP contribution in [-0.2, 0) is 4.74 Å². The van der Waals surface area contributed by atoms with Crippen LogP contribution in [0, 0.1) is 5.92 Å². The Morgan fingerprint density at radius 2 is 2.39 bits per heavy atom. The van der Waals surface area contributed by atoms with Crippen LogP contribution >= 0.6 is 11.3 Å². The van der Waals surface area contributed by atoms with Crippen molar-refractivity contribution in [2.24, 2.45) is 5.92 Å². The summed E-state index contributed by atoms with van der Waals surface area (Å²) in [5.74, 6) is 0.675. The van der Waals surface area contributed by atoms with Crippen LogP contribution in [0.2, 0.25) is 0 Å². The quantitative estimate of drug-likeness (QED) is 0.919. The molecule has 2 unspecified atom stereocenters. The molecule has 4 heteroatoms. The number of fused-ring (bicyclic) bond motifs is 1. The minimum absolute atomic E-state index is 0.356. The van der Waals surface area contributed by atoms with Gasteiger partial charge in [-0.05, 0) is 37.9 Å². The van der Waals surface area contributed by atoms with Crippen molar-refractivity contribution >= 4 is 21.6 Å². The summed E-state index contributed by atoms with van der Waals surface area (Å²) >= 11 is 1.80. The van der Waals surface area contributed by atoms with Crippen molar-refractivity contribution in [2.75, 3.05) is 20.3 Å². The van der Waals surface area contributed by atoms with E-state index in [4.69, 9.17) is 9.72 Å². The number of para-hydroxylation sites is 1. The van der Waals surface area contributed by atoms with Gasteiger partial charge in [-0.25, -0.2) is 4.98 Å². The summed E-state index contributed by atoms with van der Waals surface area (Å²) in [5.41, 5.74) is 1.11. The van der Waals surface area contributed by atoms with Crippen molar-refractivity contribution < 1.29 is 4.74 Å². The van der Waals surface area contributed by atoms with E-state index < -0.39 is 0 Å². The molecule has 1 aliphatic rings. The maximum atomic E-state index is 5.45. The minimum Gasteiger partial charge on any atom is -0.381 e. The zero-order chi connectivity index (χ0) is 12.4. The molecule has 0 aliphatic carbocycles. The topological polar surface area (TPSA) is 34.1 Å². The summed E-state index contributed by atoms with van der Waals surface area (Å²) in [5, 5.41) is 4.60. The van der Waals surface area contributed by atoms with Crippen LogP contribution in [0.3, 0.4) is 0 Å². The number of aromatic nitrogens is 1. The number of thiazole rings is 1. The standard InChI is InChI=1S/C14H18N2OS/c1-15-12(8-10-6-7-17-9-10)14-16-11-4-2-3-5-13(11)18-14/h2-5,10,12,15H,6-9H2,1H3. The molecule has 2 aromatic rings. The third-order valence-electron chi connectivity index (χ3n) is 3.55. The fraction of sp³-hybridized carbons (Fsp3) is 0.500. The zero-order valence-corrected chi connectivity index (χ0v) is 11.4. The molecule has 0 saturated carbocycles. The van der Waals surface area contributed by atoms with Gasteiger partial charge in [0, 0.05) is 13.2 Å². The molecule has 3 rings (SSSR count). The molecule has 1 saturated heterocycles. The van der Waals surface area contributed by atoms with Crippen LogP contribution in [0.15, 0.2) is 24.3 Å². The van der Waals surface area contributed by atoms with Crippen molar-refractivity contribution in [3.05, 3.63) is 29.3 Å². The molecule has 1 aromatic carbocycles. The van der Waals surface area contributed by atoms with E-state index >= 15 is 0 Å². The van der Waals surface area contributed by atoms with E-state index in [0.29, 0.717) is 12.0 Å². The van der Waals surface area contributed by atoms with Crippen molar-refractivity contribution in [3.8, 4) is 0 Å². The molecule has 3 nitrogen and oxygen atoms in total. The molecular formula is C14H18N2OS. The Bertz CT molecular complexity index is 486. The van der Waals surface area contributed by atoms with Gasteiger partial charge in [0.05, 0.1) is 16.3 Å². The predicted octanol–water partition coefficient (Wildman–Crippen LogP) is 2.98. The van der Waals surface area contributed by atoms with Gasteiger partial charge in [0.2, 0.25) is 0 Å². The highest BCUT2D eigenvalue weighted by Gasteiger charge is 2.22. The first-order chi connectivity index (χ1) is 8.86. The van der Waals surface area contributed by atoms with E-state index in [0.717, 1.165) is 25.2 Å². The molecule has 2 heterocycles. The van der Waals surface area contributed by atoms with Gasteiger partial charge in [-0.1, -0.05) is 12.1 Å². The van der Waals surface area contributed by atoms with Crippen molar-refractivity contribution in [3.63, 3.8) is 0 Å². The molecule has 2 atom stereocenters. The Morgan fingerprint density at radius 1 is 1.50 bits per heavy atom. The van der Waals surface area contributed by atoms with Crippen LogP contribution in [0.4, 0.5) is 0 Å². The zero-order valence-electron chi connectivity index (χ0n) is 10.6. The Hall–Kier alpha value is -0.970. The Morgan fingerprint density at radius 3 is 3.11 bits per heavy atom. The van der Waals surface area contributed by atoms with Crippen molar-refractivity contribution in [1.29, 1.82) is 0 Å².